The first-order valence-corrected chi connectivity index (χ1v) is 11.0. The molecule has 1 aliphatic carbocycles. The Kier molecular flexibility index (Phi) is 4.12. The van der Waals surface area contributed by atoms with Gasteiger partial charge in [0.25, 0.3) is 0 Å². The Morgan fingerprint density at radius 2 is 1.42 bits per heavy atom. The molecular weight excluding hydrogens is 329 g/mol. The van der Waals surface area contributed by atoms with Crippen LogP contribution in [0.15, 0.2) is 60.7 Å². The van der Waals surface area contributed by atoms with Gasteiger partial charge in [0, 0.05) is 11.8 Å². The molecule has 0 bridgehead atoms. The zero-order valence-corrected chi connectivity index (χ0v) is 15.0. The molecule has 24 heavy (non-hydrogen) atoms. The fourth-order valence-electron chi connectivity index (χ4n) is 3.70. The lowest BCUT2D eigenvalue weighted by molar-refractivity contribution is -0.217. The molecule has 0 spiro atoms. The highest BCUT2D eigenvalue weighted by Crippen LogP contribution is 2.67. The molecule has 0 N–H and O–H groups in total. The lowest BCUT2D eigenvalue weighted by Gasteiger charge is -2.33. The summed E-state index contributed by atoms with van der Waals surface area (Å²) in [5, 5.41) is 0.875. The Morgan fingerprint density at radius 3 is 1.92 bits per heavy atom. The van der Waals surface area contributed by atoms with Crippen molar-refractivity contribution in [2.24, 2.45) is 5.92 Å². The second-order valence-corrected chi connectivity index (χ2v) is 10.7. The maximum absolute atomic E-state index is 14.0. The van der Waals surface area contributed by atoms with Crippen molar-refractivity contribution in [3.05, 3.63) is 66.2 Å². The molecule has 1 fully saturated rings. The molecule has 128 valence electrons. The molecular formula is C19H21F3OSi. The predicted molar refractivity (Wildman–Crippen MR) is 91.8 cm³/mol. The normalized spacial score (nSPS) is 27.1. The van der Waals surface area contributed by atoms with E-state index in [0.717, 1.165) is 5.19 Å². The Balaban J connectivity index is 1.98. The van der Waals surface area contributed by atoms with Crippen LogP contribution in [-0.2, 0) is 4.43 Å². The molecule has 1 saturated carbocycles. The summed E-state index contributed by atoms with van der Waals surface area (Å²) in [6.45, 7) is 5.31. The van der Waals surface area contributed by atoms with E-state index >= 15 is 0 Å². The third-order valence-corrected chi connectivity index (χ3v) is 7.60. The van der Waals surface area contributed by atoms with Gasteiger partial charge in [-0.1, -0.05) is 67.6 Å². The molecule has 1 unspecified atom stereocenters. The van der Waals surface area contributed by atoms with E-state index in [-0.39, 0.29) is 0 Å². The quantitative estimate of drug-likeness (QED) is 0.716. The molecule has 2 aromatic rings. The average molecular weight is 350 g/mol. The van der Waals surface area contributed by atoms with Crippen molar-refractivity contribution in [1.29, 1.82) is 0 Å². The van der Waals surface area contributed by atoms with E-state index in [1.807, 2.05) is 49.5 Å². The summed E-state index contributed by atoms with van der Waals surface area (Å²) in [6, 6.07) is 18.2. The Bertz CT molecular complexity index is 700. The average Bonchev–Trinajstić information content (AvgIpc) is 3.13. The molecule has 1 nitrogen and oxygen atoms in total. The van der Waals surface area contributed by atoms with Crippen LogP contribution in [0.5, 0.6) is 0 Å². The fraction of sp³-hybridized carbons (Fsp3) is 0.368. The Hall–Kier alpha value is -1.59. The van der Waals surface area contributed by atoms with Crippen LogP contribution in [0.25, 0.3) is 0 Å². The number of rotatable bonds is 4. The predicted octanol–water partition coefficient (Wildman–Crippen LogP) is 4.85. The van der Waals surface area contributed by atoms with Crippen molar-refractivity contribution in [3.63, 3.8) is 0 Å². The highest BCUT2D eigenvalue weighted by atomic mass is 28.4. The zero-order valence-electron chi connectivity index (χ0n) is 14.0. The summed E-state index contributed by atoms with van der Waals surface area (Å²) in [6.07, 6.45) is -4.40. The van der Waals surface area contributed by atoms with Gasteiger partial charge in [0.1, 0.15) is 0 Å². The van der Waals surface area contributed by atoms with Gasteiger partial charge in [0.2, 0.25) is 8.32 Å². The van der Waals surface area contributed by atoms with E-state index < -0.39 is 31.9 Å². The van der Waals surface area contributed by atoms with Gasteiger partial charge in [0.05, 0.1) is 0 Å². The van der Waals surface area contributed by atoms with Crippen LogP contribution in [-0.4, -0.2) is 20.1 Å². The van der Waals surface area contributed by atoms with Crippen LogP contribution in [0, 0.1) is 5.92 Å². The van der Waals surface area contributed by atoms with Crippen molar-refractivity contribution in [2.45, 2.75) is 37.7 Å². The minimum absolute atomic E-state index is 0.588. The number of benzene rings is 2. The molecule has 3 atom stereocenters. The Morgan fingerprint density at radius 1 is 0.917 bits per heavy atom. The van der Waals surface area contributed by atoms with E-state index in [9.17, 15) is 13.2 Å². The summed E-state index contributed by atoms with van der Waals surface area (Å²) < 4.78 is 48.1. The van der Waals surface area contributed by atoms with E-state index in [1.165, 1.54) is 0 Å². The summed E-state index contributed by atoms with van der Waals surface area (Å²) in [7, 11) is -2.70. The second kappa shape index (κ2) is 5.74. The standard InChI is InChI=1S/C19H21F3OSi/c1-14-17(15-10-6-4-7-11-15)18(14,19(20,21)22)23-24(2,3)16-12-8-5-9-13-16/h4-14,17H,1-3H3/t14-,17+,18?/m1/s1. The minimum atomic E-state index is -4.40. The first kappa shape index (κ1) is 17.2. The van der Waals surface area contributed by atoms with Crippen LogP contribution >= 0.6 is 0 Å². The van der Waals surface area contributed by atoms with E-state index in [4.69, 9.17) is 4.43 Å². The fourth-order valence-corrected chi connectivity index (χ4v) is 6.08. The molecule has 0 aliphatic heterocycles. The number of hydrogen-bond donors (Lipinski definition) is 0. The van der Waals surface area contributed by atoms with Gasteiger partial charge >= 0.3 is 6.18 Å². The molecule has 2 aromatic carbocycles. The van der Waals surface area contributed by atoms with E-state index in [1.54, 1.807) is 31.2 Å². The molecule has 0 saturated heterocycles. The molecule has 3 rings (SSSR count). The molecule has 0 radical (unpaired) electrons. The van der Waals surface area contributed by atoms with Gasteiger partial charge in [-0.3, -0.25) is 0 Å². The lowest BCUT2D eigenvalue weighted by Crippen LogP contribution is -2.53. The van der Waals surface area contributed by atoms with Crippen molar-refractivity contribution >= 4 is 13.5 Å². The van der Waals surface area contributed by atoms with Crippen LogP contribution in [0.3, 0.4) is 0 Å². The van der Waals surface area contributed by atoms with Crippen molar-refractivity contribution in [2.75, 3.05) is 0 Å². The van der Waals surface area contributed by atoms with Crippen molar-refractivity contribution < 1.29 is 17.6 Å². The van der Waals surface area contributed by atoms with Crippen LogP contribution in [0.2, 0.25) is 13.1 Å². The molecule has 1 aliphatic rings. The third kappa shape index (κ3) is 2.69. The van der Waals surface area contributed by atoms with Gasteiger partial charge in [0.15, 0.2) is 5.60 Å². The SMILES string of the molecule is C[C@@H]1[C@@H](c2ccccc2)C1(O[Si](C)(C)c1ccccc1)C(F)(F)F. The smallest absolute Gasteiger partial charge is 0.398 e. The van der Waals surface area contributed by atoms with Crippen LogP contribution in [0.4, 0.5) is 13.2 Å². The van der Waals surface area contributed by atoms with Gasteiger partial charge in [-0.25, -0.2) is 0 Å². The highest BCUT2D eigenvalue weighted by molar-refractivity contribution is 6.84. The van der Waals surface area contributed by atoms with E-state index in [2.05, 4.69) is 0 Å². The molecule has 0 aromatic heterocycles. The first-order chi connectivity index (χ1) is 11.2. The maximum atomic E-state index is 14.0. The molecule has 0 amide bonds. The monoisotopic (exact) mass is 350 g/mol. The van der Waals surface area contributed by atoms with Crippen LogP contribution in [0.1, 0.15) is 18.4 Å². The maximum Gasteiger partial charge on any atom is 0.417 e. The third-order valence-electron chi connectivity index (χ3n) is 5.02. The Labute approximate surface area is 141 Å². The molecule has 0 heterocycles. The van der Waals surface area contributed by atoms with Gasteiger partial charge in [-0.05, 0) is 23.8 Å². The highest BCUT2D eigenvalue weighted by Gasteiger charge is 2.78. The van der Waals surface area contributed by atoms with Crippen molar-refractivity contribution in [1.82, 2.24) is 0 Å². The van der Waals surface area contributed by atoms with Gasteiger partial charge in [-0.2, -0.15) is 13.2 Å². The summed E-state index contributed by atoms with van der Waals surface area (Å²) in [5.74, 6) is -1.23. The number of hydrogen-bond acceptors (Lipinski definition) is 1. The molecule has 5 heteroatoms. The lowest BCUT2D eigenvalue weighted by atomic mass is 10.1. The van der Waals surface area contributed by atoms with Gasteiger partial charge < -0.3 is 4.43 Å². The largest absolute Gasteiger partial charge is 0.417 e. The summed E-state index contributed by atoms with van der Waals surface area (Å²) in [5.41, 5.74) is -1.39. The van der Waals surface area contributed by atoms with Gasteiger partial charge in [-0.15, -0.1) is 0 Å². The summed E-state index contributed by atoms with van der Waals surface area (Å²) >= 11 is 0. The number of alkyl halides is 3. The first-order valence-electron chi connectivity index (χ1n) is 8.07. The number of halogens is 3. The zero-order chi connectivity index (χ0) is 17.6. The van der Waals surface area contributed by atoms with Crippen LogP contribution < -0.4 is 5.19 Å². The summed E-state index contributed by atoms with van der Waals surface area (Å²) in [4.78, 5) is 0. The van der Waals surface area contributed by atoms with E-state index in [0.29, 0.717) is 5.56 Å². The second-order valence-electron chi connectivity index (χ2n) is 6.95. The minimum Gasteiger partial charge on any atom is -0.398 e. The topological polar surface area (TPSA) is 9.23 Å². The van der Waals surface area contributed by atoms with Crippen molar-refractivity contribution in [3.8, 4) is 0 Å².